The smallest absolute Gasteiger partial charge is 0.221 e. The van der Waals surface area contributed by atoms with Crippen molar-refractivity contribution in [1.82, 2.24) is 10.6 Å². The molecule has 124 valence electrons. The van der Waals surface area contributed by atoms with Gasteiger partial charge < -0.3 is 10.6 Å². The summed E-state index contributed by atoms with van der Waals surface area (Å²) < 4.78 is 0. The number of carbonyl (C=O) groups is 1. The van der Waals surface area contributed by atoms with Gasteiger partial charge in [-0.1, -0.05) is 58.8 Å². The Morgan fingerprint density at radius 3 is 2.33 bits per heavy atom. The van der Waals surface area contributed by atoms with Crippen molar-refractivity contribution in [3.63, 3.8) is 0 Å². The minimum absolute atomic E-state index is 0.0690. The molecule has 21 heavy (non-hydrogen) atoms. The van der Waals surface area contributed by atoms with E-state index in [0.29, 0.717) is 6.42 Å². The topological polar surface area (TPSA) is 41.1 Å². The molecule has 0 spiro atoms. The summed E-state index contributed by atoms with van der Waals surface area (Å²) in [6, 6.07) is 0. The second-order valence-corrected chi connectivity index (χ2v) is 7.21. The van der Waals surface area contributed by atoms with E-state index in [9.17, 15) is 4.79 Å². The highest BCUT2D eigenvalue weighted by molar-refractivity contribution is 5.77. The van der Waals surface area contributed by atoms with Gasteiger partial charge in [-0.05, 0) is 32.2 Å². The van der Waals surface area contributed by atoms with E-state index in [1.54, 1.807) is 0 Å². The molecule has 0 bridgehead atoms. The lowest BCUT2D eigenvalue weighted by molar-refractivity contribution is -0.122. The van der Waals surface area contributed by atoms with Gasteiger partial charge in [-0.15, -0.1) is 0 Å². The van der Waals surface area contributed by atoms with Crippen molar-refractivity contribution < 1.29 is 4.79 Å². The lowest BCUT2D eigenvalue weighted by Gasteiger charge is -2.36. The molecule has 0 aliphatic heterocycles. The predicted molar refractivity (Wildman–Crippen MR) is 90.4 cm³/mol. The first-order valence-electron chi connectivity index (χ1n) is 9.03. The Morgan fingerprint density at radius 1 is 1.05 bits per heavy atom. The molecule has 1 aliphatic rings. The molecular weight excluding hydrogens is 260 g/mol. The van der Waals surface area contributed by atoms with Crippen molar-refractivity contribution in [3.05, 3.63) is 0 Å². The zero-order chi connectivity index (χ0) is 15.6. The predicted octanol–water partition coefficient (Wildman–Crippen LogP) is 4.02. The summed E-state index contributed by atoms with van der Waals surface area (Å²) in [7, 11) is 2.01. The highest BCUT2D eigenvalue weighted by Gasteiger charge is 2.32. The summed E-state index contributed by atoms with van der Waals surface area (Å²) in [4.78, 5) is 12.1. The molecule has 2 N–H and O–H groups in total. The summed E-state index contributed by atoms with van der Waals surface area (Å²) in [6.45, 7) is 5.41. The van der Waals surface area contributed by atoms with Crippen LogP contribution in [-0.4, -0.2) is 25.0 Å². The quantitative estimate of drug-likeness (QED) is 0.598. The fourth-order valence-corrected chi connectivity index (χ4v) is 3.37. The van der Waals surface area contributed by atoms with Gasteiger partial charge in [-0.2, -0.15) is 0 Å². The van der Waals surface area contributed by atoms with E-state index in [4.69, 9.17) is 0 Å². The first-order chi connectivity index (χ1) is 10.1. The second-order valence-electron chi connectivity index (χ2n) is 7.21. The molecule has 1 fully saturated rings. The van der Waals surface area contributed by atoms with Gasteiger partial charge in [0.05, 0.1) is 0 Å². The molecule has 0 heterocycles. The Balaban J connectivity index is 2.07. The van der Waals surface area contributed by atoms with Crippen LogP contribution in [0.4, 0.5) is 0 Å². The molecule has 1 amide bonds. The SMILES string of the molecule is CNC1(CC(=O)NCCCCCCC(C)C)CCCCC1. The van der Waals surface area contributed by atoms with Crippen LogP contribution >= 0.6 is 0 Å². The van der Waals surface area contributed by atoms with Gasteiger partial charge in [0.25, 0.3) is 0 Å². The van der Waals surface area contributed by atoms with Crippen molar-refractivity contribution >= 4 is 5.91 Å². The molecular formula is C18H36N2O. The van der Waals surface area contributed by atoms with Gasteiger partial charge in [0.2, 0.25) is 5.91 Å². The van der Waals surface area contributed by atoms with Crippen molar-refractivity contribution in [3.8, 4) is 0 Å². The average molecular weight is 296 g/mol. The van der Waals surface area contributed by atoms with Gasteiger partial charge in [-0.3, -0.25) is 4.79 Å². The lowest BCUT2D eigenvalue weighted by atomic mass is 9.79. The minimum Gasteiger partial charge on any atom is -0.356 e. The third-order valence-electron chi connectivity index (χ3n) is 4.87. The monoisotopic (exact) mass is 296 g/mol. The molecule has 0 radical (unpaired) electrons. The van der Waals surface area contributed by atoms with Crippen LogP contribution in [-0.2, 0) is 4.79 Å². The first kappa shape index (κ1) is 18.5. The van der Waals surface area contributed by atoms with E-state index >= 15 is 0 Å². The zero-order valence-electron chi connectivity index (χ0n) is 14.5. The fraction of sp³-hybridized carbons (Fsp3) is 0.944. The number of amides is 1. The van der Waals surface area contributed by atoms with Crippen molar-refractivity contribution in [2.45, 2.75) is 90.0 Å². The number of carbonyl (C=O) groups excluding carboxylic acids is 1. The van der Waals surface area contributed by atoms with Crippen LogP contribution in [0.2, 0.25) is 0 Å². The average Bonchev–Trinajstić information content (AvgIpc) is 2.47. The molecule has 0 aromatic carbocycles. The molecule has 1 saturated carbocycles. The van der Waals surface area contributed by atoms with E-state index in [1.165, 1.54) is 44.9 Å². The van der Waals surface area contributed by atoms with E-state index in [0.717, 1.165) is 31.7 Å². The molecule has 3 nitrogen and oxygen atoms in total. The molecule has 3 heteroatoms. The summed E-state index contributed by atoms with van der Waals surface area (Å²) in [5.41, 5.74) is 0.0690. The lowest BCUT2D eigenvalue weighted by Crippen LogP contribution is -2.48. The third-order valence-corrected chi connectivity index (χ3v) is 4.87. The van der Waals surface area contributed by atoms with E-state index in [2.05, 4.69) is 24.5 Å². The van der Waals surface area contributed by atoms with Gasteiger partial charge in [0, 0.05) is 18.5 Å². The molecule has 0 unspecified atom stereocenters. The van der Waals surface area contributed by atoms with Crippen LogP contribution in [0.5, 0.6) is 0 Å². The fourth-order valence-electron chi connectivity index (χ4n) is 3.37. The van der Waals surface area contributed by atoms with Crippen LogP contribution in [0.25, 0.3) is 0 Å². The maximum Gasteiger partial charge on any atom is 0.221 e. The number of hydrogen-bond acceptors (Lipinski definition) is 2. The highest BCUT2D eigenvalue weighted by Crippen LogP contribution is 2.30. The van der Waals surface area contributed by atoms with Gasteiger partial charge in [0.15, 0.2) is 0 Å². The van der Waals surface area contributed by atoms with Crippen molar-refractivity contribution in [2.24, 2.45) is 5.92 Å². The maximum absolute atomic E-state index is 12.1. The van der Waals surface area contributed by atoms with Crippen LogP contribution in [0.15, 0.2) is 0 Å². The van der Waals surface area contributed by atoms with E-state index in [-0.39, 0.29) is 11.4 Å². The summed E-state index contributed by atoms with van der Waals surface area (Å²) in [5.74, 6) is 1.05. The normalized spacial score (nSPS) is 17.9. The van der Waals surface area contributed by atoms with Gasteiger partial charge in [0.1, 0.15) is 0 Å². The molecule has 0 aromatic heterocycles. The van der Waals surface area contributed by atoms with Gasteiger partial charge >= 0.3 is 0 Å². The Labute approximate surface area is 131 Å². The molecule has 0 atom stereocenters. The molecule has 1 rings (SSSR count). The van der Waals surface area contributed by atoms with Crippen LogP contribution in [0.1, 0.15) is 84.5 Å². The van der Waals surface area contributed by atoms with Crippen molar-refractivity contribution in [1.29, 1.82) is 0 Å². The maximum atomic E-state index is 12.1. The standard InChI is InChI=1S/C18H36N2O/c1-16(2)11-7-4-5-10-14-20-17(21)15-18(19-3)12-8-6-9-13-18/h16,19H,4-15H2,1-3H3,(H,20,21). The summed E-state index contributed by atoms with van der Waals surface area (Å²) >= 11 is 0. The Kier molecular flexibility index (Phi) is 8.98. The molecule has 0 aromatic rings. The Hall–Kier alpha value is -0.570. The van der Waals surface area contributed by atoms with Crippen LogP contribution < -0.4 is 10.6 Å². The molecule has 0 saturated heterocycles. The van der Waals surface area contributed by atoms with Crippen molar-refractivity contribution in [2.75, 3.05) is 13.6 Å². The molecule has 1 aliphatic carbocycles. The van der Waals surface area contributed by atoms with Crippen LogP contribution in [0, 0.1) is 5.92 Å². The third kappa shape index (κ3) is 7.85. The van der Waals surface area contributed by atoms with E-state index in [1.807, 2.05) is 7.05 Å². The zero-order valence-corrected chi connectivity index (χ0v) is 14.5. The number of hydrogen-bond donors (Lipinski definition) is 2. The van der Waals surface area contributed by atoms with E-state index < -0.39 is 0 Å². The number of unbranched alkanes of at least 4 members (excludes halogenated alkanes) is 3. The van der Waals surface area contributed by atoms with Gasteiger partial charge in [-0.25, -0.2) is 0 Å². The Bertz CT molecular complexity index is 283. The number of nitrogens with one attached hydrogen (secondary N) is 2. The van der Waals surface area contributed by atoms with Crippen LogP contribution in [0.3, 0.4) is 0 Å². The highest BCUT2D eigenvalue weighted by atomic mass is 16.1. The second kappa shape index (κ2) is 10.2. The summed E-state index contributed by atoms with van der Waals surface area (Å²) in [5, 5.41) is 6.53. The number of rotatable bonds is 10. The Morgan fingerprint density at radius 2 is 1.71 bits per heavy atom. The largest absolute Gasteiger partial charge is 0.356 e. The first-order valence-corrected chi connectivity index (χ1v) is 9.03. The summed E-state index contributed by atoms with van der Waals surface area (Å²) in [6.07, 6.45) is 13.1. The minimum atomic E-state index is 0.0690.